The number of hydrogen-bond acceptors (Lipinski definition) is 4. The summed E-state index contributed by atoms with van der Waals surface area (Å²) in [7, 11) is 0. The molecule has 2 rings (SSSR count). The zero-order valence-electron chi connectivity index (χ0n) is 13.1. The van der Waals surface area contributed by atoms with Gasteiger partial charge in [-0.2, -0.15) is 4.98 Å². The van der Waals surface area contributed by atoms with Crippen molar-refractivity contribution in [1.29, 1.82) is 0 Å². The molecule has 0 fully saturated rings. The molecule has 0 N–H and O–H groups in total. The molecule has 1 aromatic heterocycles. The SMILES string of the molecule is CC(C)CC(=O)Cc1nc(C(C)(C)c2ccccc2)no1. The van der Waals surface area contributed by atoms with E-state index in [9.17, 15) is 4.79 Å². The summed E-state index contributed by atoms with van der Waals surface area (Å²) in [5, 5.41) is 4.06. The summed E-state index contributed by atoms with van der Waals surface area (Å²) in [5.74, 6) is 1.50. The van der Waals surface area contributed by atoms with Crippen LogP contribution in [0.3, 0.4) is 0 Å². The van der Waals surface area contributed by atoms with Crippen LogP contribution < -0.4 is 0 Å². The van der Waals surface area contributed by atoms with Gasteiger partial charge in [-0.05, 0) is 25.3 Å². The largest absolute Gasteiger partial charge is 0.339 e. The highest BCUT2D eigenvalue weighted by molar-refractivity contribution is 5.80. The average molecular weight is 286 g/mol. The highest BCUT2D eigenvalue weighted by Crippen LogP contribution is 2.29. The lowest BCUT2D eigenvalue weighted by molar-refractivity contribution is -0.119. The third kappa shape index (κ3) is 3.78. The van der Waals surface area contributed by atoms with Crippen molar-refractivity contribution in [2.45, 2.75) is 46.0 Å². The number of benzene rings is 1. The van der Waals surface area contributed by atoms with Crippen LogP contribution in [0.5, 0.6) is 0 Å². The normalized spacial score (nSPS) is 11.9. The Morgan fingerprint density at radius 1 is 1.24 bits per heavy atom. The van der Waals surface area contributed by atoms with E-state index < -0.39 is 0 Å². The summed E-state index contributed by atoms with van der Waals surface area (Å²) in [6.45, 7) is 8.14. The molecule has 4 heteroatoms. The smallest absolute Gasteiger partial charge is 0.234 e. The van der Waals surface area contributed by atoms with Gasteiger partial charge >= 0.3 is 0 Å². The predicted octanol–water partition coefficient (Wildman–Crippen LogP) is 3.55. The van der Waals surface area contributed by atoms with E-state index in [-0.39, 0.29) is 17.6 Å². The van der Waals surface area contributed by atoms with Crippen molar-refractivity contribution in [2.75, 3.05) is 0 Å². The van der Waals surface area contributed by atoms with Crippen molar-refractivity contribution in [2.24, 2.45) is 5.92 Å². The number of rotatable bonds is 6. The van der Waals surface area contributed by atoms with Gasteiger partial charge < -0.3 is 4.52 Å². The third-order valence-corrected chi connectivity index (χ3v) is 3.51. The van der Waals surface area contributed by atoms with Crippen LogP contribution in [-0.4, -0.2) is 15.9 Å². The van der Waals surface area contributed by atoms with Gasteiger partial charge in [-0.1, -0.05) is 49.3 Å². The topological polar surface area (TPSA) is 56.0 Å². The number of Topliss-reactive ketones (excluding diaryl/α,β-unsaturated/α-hetero) is 1. The van der Waals surface area contributed by atoms with E-state index in [1.54, 1.807) is 0 Å². The molecule has 21 heavy (non-hydrogen) atoms. The van der Waals surface area contributed by atoms with E-state index in [2.05, 4.69) is 10.1 Å². The Morgan fingerprint density at radius 2 is 1.90 bits per heavy atom. The van der Waals surface area contributed by atoms with Crippen molar-refractivity contribution in [3.63, 3.8) is 0 Å². The molecule has 0 spiro atoms. The molecule has 0 aliphatic rings. The Balaban J connectivity index is 2.14. The summed E-state index contributed by atoms with van der Waals surface area (Å²) >= 11 is 0. The molecule has 0 aliphatic carbocycles. The molecular weight excluding hydrogens is 264 g/mol. The van der Waals surface area contributed by atoms with E-state index in [0.29, 0.717) is 24.1 Å². The van der Waals surface area contributed by atoms with Crippen LogP contribution in [0.1, 0.15) is 51.4 Å². The molecular formula is C17H22N2O2. The van der Waals surface area contributed by atoms with Gasteiger partial charge in [0, 0.05) is 6.42 Å². The van der Waals surface area contributed by atoms with Crippen LogP contribution in [0.25, 0.3) is 0 Å². The number of carbonyl (C=O) groups excluding carboxylic acids is 1. The van der Waals surface area contributed by atoms with Crippen molar-refractivity contribution in [3.8, 4) is 0 Å². The van der Waals surface area contributed by atoms with Crippen molar-refractivity contribution < 1.29 is 9.32 Å². The van der Waals surface area contributed by atoms with Crippen LogP contribution in [0, 0.1) is 5.92 Å². The molecule has 0 atom stereocenters. The maximum absolute atomic E-state index is 11.8. The highest BCUT2D eigenvalue weighted by Gasteiger charge is 2.29. The summed E-state index contributed by atoms with van der Waals surface area (Å²) in [5.41, 5.74) is 0.773. The Kier molecular flexibility index (Phi) is 4.56. The quantitative estimate of drug-likeness (QED) is 0.814. The predicted molar refractivity (Wildman–Crippen MR) is 81.0 cm³/mol. The Bertz CT molecular complexity index is 600. The Morgan fingerprint density at radius 3 is 2.52 bits per heavy atom. The van der Waals surface area contributed by atoms with Crippen molar-refractivity contribution in [1.82, 2.24) is 10.1 Å². The number of ketones is 1. The van der Waals surface area contributed by atoms with Crippen LogP contribution in [-0.2, 0) is 16.6 Å². The van der Waals surface area contributed by atoms with E-state index in [1.165, 1.54) is 0 Å². The van der Waals surface area contributed by atoms with Gasteiger partial charge in [-0.15, -0.1) is 0 Å². The van der Waals surface area contributed by atoms with Gasteiger partial charge in [0.05, 0.1) is 11.8 Å². The molecule has 0 unspecified atom stereocenters. The van der Waals surface area contributed by atoms with Gasteiger partial charge in [0.25, 0.3) is 0 Å². The van der Waals surface area contributed by atoms with E-state index >= 15 is 0 Å². The minimum absolute atomic E-state index is 0.137. The lowest BCUT2D eigenvalue weighted by Crippen LogP contribution is -2.20. The van der Waals surface area contributed by atoms with E-state index in [0.717, 1.165) is 5.56 Å². The molecule has 0 amide bonds. The van der Waals surface area contributed by atoms with Crippen LogP contribution in [0.2, 0.25) is 0 Å². The zero-order chi connectivity index (χ0) is 15.5. The van der Waals surface area contributed by atoms with Crippen molar-refractivity contribution >= 4 is 5.78 Å². The maximum Gasteiger partial charge on any atom is 0.234 e. The fourth-order valence-electron chi connectivity index (χ4n) is 2.26. The van der Waals surface area contributed by atoms with Gasteiger partial charge in [-0.3, -0.25) is 4.79 Å². The Hall–Kier alpha value is -1.97. The first-order valence-corrected chi connectivity index (χ1v) is 7.30. The zero-order valence-corrected chi connectivity index (χ0v) is 13.1. The Labute approximate surface area is 125 Å². The summed E-state index contributed by atoms with van der Waals surface area (Å²) in [4.78, 5) is 16.2. The first kappa shape index (κ1) is 15.4. The standard InChI is InChI=1S/C17H22N2O2/c1-12(2)10-14(20)11-15-18-16(19-21-15)17(3,4)13-8-6-5-7-9-13/h5-9,12H,10-11H2,1-4H3. The van der Waals surface area contributed by atoms with E-state index in [4.69, 9.17) is 4.52 Å². The number of carbonyl (C=O) groups is 1. The second-order valence-electron chi connectivity index (χ2n) is 6.32. The number of aromatic nitrogens is 2. The fourth-order valence-corrected chi connectivity index (χ4v) is 2.26. The lowest BCUT2D eigenvalue weighted by atomic mass is 9.84. The average Bonchev–Trinajstić information content (AvgIpc) is 2.88. The minimum Gasteiger partial charge on any atom is -0.339 e. The molecule has 112 valence electrons. The number of nitrogens with zero attached hydrogens (tertiary/aromatic N) is 2. The van der Waals surface area contributed by atoms with Gasteiger partial charge in [0.15, 0.2) is 5.82 Å². The highest BCUT2D eigenvalue weighted by atomic mass is 16.5. The minimum atomic E-state index is -0.343. The van der Waals surface area contributed by atoms with Gasteiger partial charge in [-0.25, -0.2) is 0 Å². The lowest BCUT2D eigenvalue weighted by Gasteiger charge is -2.20. The third-order valence-electron chi connectivity index (χ3n) is 3.51. The molecule has 0 bridgehead atoms. The van der Waals surface area contributed by atoms with Crippen LogP contribution in [0.15, 0.2) is 34.9 Å². The van der Waals surface area contributed by atoms with Crippen LogP contribution >= 0.6 is 0 Å². The number of hydrogen-bond donors (Lipinski definition) is 0. The molecule has 0 radical (unpaired) electrons. The second-order valence-corrected chi connectivity index (χ2v) is 6.32. The molecule has 2 aromatic rings. The summed E-state index contributed by atoms with van der Waals surface area (Å²) < 4.78 is 5.24. The fraction of sp³-hybridized carbons (Fsp3) is 0.471. The molecule has 0 aliphatic heterocycles. The monoisotopic (exact) mass is 286 g/mol. The molecule has 1 heterocycles. The summed E-state index contributed by atoms with van der Waals surface area (Å²) in [6.07, 6.45) is 0.760. The van der Waals surface area contributed by atoms with Crippen LogP contribution in [0.4, 0.5) is 0 Å². The van der Waals surface area contributed by atoms with Crippen molar-refractivity contribution in [3.05, 3.63) is 47.6 Å². The van der Waals surface area contributed by atoms with E-state index in [1.807, 2.05) is 58.0 Å². The first-order valence-electron chi connectivity index (χ1n) is 7.30. The first-order chi connectivity index (χ1) is 9.89. The maximum atomic E-state index is 11.8. The molecule has 0 saturated carbocycles. The molecule has 1 aromatic carbocycles. The second kappa shape index (κ2) is 6.20. The summed E-state index contributed by atoms with van der Waals surface area (Å²) in [6, 6.07) is 10.0. The molecule has 0 saturated heterocycles. The van der Waals surface area contributed by atoms with Gasteiger partial charge in [0.1, 0.15) is 5.78 Å². The van der Waals surface area contributed by atoms with Gasteiger partial charge in [0.2, 0.25) is 5.89 Å². The molecule has 4 nitrogen and oxygen atoms in total.